The van der Waals surface area contributed by atoms with Crippen molar-refractivity contribution < 1.29 is 19.4 Å². The molecular weight excluding hydrogens is 248 g/mol. The Morgan fingerprint density at radius 2 is 2.16 bits per heavy atom. The largest absolute Gasteiger partial charge is 0.481 e. The van der Waals surface area contributed by atoms with E-state index in [9.17, 15) is 9.59 Å². The number of carboxylic acids is 1. The van der Waals surface area contributed by atoms with Crippen molar-refractivity contribution >= 4 is 12.0 Å². The zero-order chi connectivity index (χ0) is 14.4. The Kier molecular flexibility index (Phi) is 5.82. The normalized spacial score (nSPS) is 22.3. The topological polar surface area (TPSA) is 78.9 Å². The highest BCUT2D eigenvalue weighted by atomic mass is 16.5. The van der Waals surface area contributed by atoms with Crippen molar-refractivity contribution in [2.45, 2.75) is 13.8 Å². The zero-order valence-corrected chi connectivity index (χ0v) is 11.5. The standard InChI is InChI=1S/C13H22N2O4/c1-9(2)8-19-5-4-14-13(18)15-6-10(3)11(7-15)12(16)17/h10-11H,1,4-8H2,2-3H3,(H,14,18)(H,16,17)/t10-,11-/m1/s1. The van der Waals surface area contributed by atoms with Crippen molar-refractivity contribution in [3.63, 3.8) is 0 Å². The first-order chi connectivity index (χ1) is 8.91. The van der Waals surface area contributed by atoms with E-state index in [1.165, 1.54) is 0 Å². The van der Waals surface area contributed by atoms with Crippen LogP contribution in [0.2, 0.25) is 0 Å². The molecule has 0 unspecified atom stereocenters. The van der Waals surface area contributed by atoms with Gasteiger partial charge in [0.2, 0.25) is 0 Å². The molecule has 0 saturated carbocycles. The van der Waals surface area contributed by atoms with E-state index in [-0.39, 0.29) is 18.5 Å². The molecular formula is C13H22N2O4. The van der Waals surface area contributed by atoms with Crippen LogP contribution in [0.4, 0.5) is 4.79 Å². The van der Waals surface area contributed by atoms with Gasteiger partial charge in [0.25, 0.3) is 0 Å². The maximum Gasteiger partial charge on any atom is 0.317 e. The Balaban J connectivity index is 2.24. The maximum atomic E-state index is 11.8. The molecule has 1 aliphatic heterocycles. The summed E-state index contributed by atoms with van der Waals surface area (Å²) in [4.78, 5) is 24.3. The summed E-state index contributed by atoms with van der Waals surface area (Å²) in [5.74, 6) is -1.32. The van der Waals surface area contributed by atoms with Gasteiger partial charge in [-0.25, -0.2) is 4.79 Å². The van der Waals surface area contributed by atoms with Crippen molar-refractivity contribution in [3.8, 4) is 0 Å². The second-order valence-electron chi connectivity index (χ2n) is 5.07. The molecule has 0 aromatic carbocycles. The van der Waals surface area contributed by atoms with E-state index in [1.807, 2.05) is 13.8 Å². The van der Waals surface area contributed by atoms with E-state index in [4.69, 9.17) is 9.84 Å². The molecule has 2 atom stereocenters. The van der Waals surface area contributed by atoms with Crippen LogP contribution in [-0.2, 0) is 9.53 Å². The van der Waals surface area contributed by atoms with E-state index >= 15 is 0 Å². The zero-order valence-electron chi connectivity index (χ0n) is 11.5. The molecule has 6 nitrogen and oxygen atoms in total. The van der Waals surface area contributed by atoms with Gasteiger partial charge in [-0.3, -0.25) is 4.79 Å². The number of hydrogen-bond acceptors (Lipinski definition) is 3. The molecule has 2 N–H and O–H groups in total. The molecule has 0 bridgehead atoms. The van der Waals surface area contributed by atoms with Gasteiger partial charge in [0.1, 0.15) is 0 Å². The van der Waals surface area contributed by atoms with Gasteiger partial charge in [0.05, 0.1) is 19.1 Å². The number of ether oxygens (including phenoxy) is 1. The van der Waals surface area contributed by atoms with Gasteiger partial charge in [-0.1, -0.05) is 19.1 Å². The second kappa shape index (κ2) is 7.13. The van der Waals surface area contributed by atoms with E-state index in [0.29, 0.717) is 26.3 Å². The molecule has 6 heteroatoms. The van der Waals surface area contributed by atoms with Gasteiger partial charge in [0.15, 0.2) is 0 Å². The summed E-state index contributed by atoms with van der Waals surface area (Å²) >= 11 is 0. The van der Waals surface area contributed by atoms with Crippen molar-refractivity contribution in [1.82, 2.24) is 10.2 Å². The smallest absolute Gasteiger partial charge is 0.317 e. The fourth-order valence-electron chi connectivity index (χ4n) is 2.04. The summed E-state index contributed by atoms with van der Waals surface area (Å²) in [6, 6.07) is -0.227. The minimum atomic E-state index is -0.840. The van der Waals surface area contributed by atoms with Crippen LogP contribution in [0.15, 0.2) is 12.2 Å². The van der Waals surface area contributed by atoms with E-state index in [0.717, 1.165) is 5.57 Å². The predicted octanol–water partition coefficient (Wildman–Crippen LogP) is 0.941. The molecule has 108 valence electrons. The van der Waals surface area contributed by atoms with Crippen LogP contribution in [0, 0.1) is 11.8 Å². The first-order valence-electron chi connectivity index (χ1n) is 6.39. The molecule has 1 rings (SSSR count). The fraction of sp³-hybridized carbons (Fsp3) is 0.692. The number of hydrogen-bond donors (Lipinski definition) is 2. The number of carboxylic acid groups (broad SMARTS) is 1. The van der Waals surface area contributed by atoms with E-state index in [2.05, 4.69) is 11.9 Å². The van der Waals surface area contributed by atoms with Crippen LogP contribution in [0.5, 0.6) is 0 Å². The number of likely N-dealkylation sites (tertiary alicyclic amines) is 1. The third-order valence-corrected chi connectivity index (χ3v) is 3.09. The number of aliphatic carboxylic acids is 1. The first kappa shape index (κ1) is 15.5. The number of nitrogens with one attached hydrogen (secondary N) is 1. The predicted molar refractivity (Wildman–Crippen MR) is 70.9 cm³/mol. The lowest BCUT2D eigenvalue weighted by Crippen LogP contribution is -2.40. The average molecular weight is 270 g/mol. The summed E-state index contributed by atoms with van der Waals surface area (Å²) in [7, 11) is 0. The molecule has 1 heterocycles. The fourth-order valence-corrected chi connectivity index (χ4v) is 2.04. The highest BCUT2D eigenvalue weighted by Crippen LogP contribution is 2.22. The second-order valence-corrected chi connectivity index (χ2v) is 5.07. The summed E-state index contributed by atoms with van der Waals surface area (Å²) < 4.78 is 5.26. The van der Waals surface area contributed by atoms with Crippen LogP contribution in [0.1, 0.15) is 13.8 Å². The number of amides is 2. The SMILES string of the molecule is C=C(C)COCCNC(=O)N1C[C@@H](C)[C@H](C(=O)O)C1. The van der Waals surface area contributed by atoms with Crippen LogP contribution in [-0.4, -0.2) is 54.9 Å². The van der Waals surface area contributed by atoms with Crippen LogP contribution >= 0.6 is 0 Å². The van der Waals surface area contributed by atoms with Gasteiger partial charge in [0, 0.05) is 19.6 Å². The highest BCUT2D eigenvalue weighted by molar-refractivity contribution is 5.77. The Bertz CT molecular complexity index is 357. The number of urea groups is 1. The maximum absolute atomic E-state index is 11.8. The lowest BCUT2D eigenvalue weighted by molar-refractivity contribution is -0.142. The molecule has 19 heavy (non-hydrogen) atoms. The molecule has 1 aliphatic rings. The molecule has 0 spiro atoms. The minimum Gasteiger partial charge on any atom is -0.481 e. The molecule has 0 aromatic rings. The Morgan fingerprint density at radius 1 is 1.47 bits per heavy atom. The van der Waals surface area contributed by atoms with Crippen LogP contribution < -0.4 is 5.32 Å². The lowest BCUT2D eigenvalue weighted by Gasteiger charge is -2.16. The third kappa shape index (κ3) is 4.90. The van der Waals surface area contributed by atoms with Crippen molar-refractivity contribution in [3.05, 3.63) is 12.2 Å². The monoisotopic (exact) mass is 270 g/mol. The molecule has 2 amide bonds. The Hall–Kier alpha value is -1.56. The van der Waals surface area contributed by atoms with Crippen molar-refractivity contribution in [1.29, 1.82) is 0 Å². The van der Waals surface area contributed by atoms with Crippen molar-refractivity contribution in [2.75, 3.05) is 32.8 Å². The Morgan fingerprint density at radius 3 is 2.68 bits per heavy atom. The number of rotatable bonds is 6. The Labute approximate surface area is 113 Å². The summed E-state index contributed by atoms with van der Waals surface area (Å²) in [5, 5.41) is 11.7. The quantitative estimate of drug-likeness (QED) is 0.556. The number of carbonyl (C=O) groups excluding carboxylic acids is 1. The van der Waals surface area contributed by atoms with Gasteiger partial charge in [-0.2, -0.15) is 0 Å². The number of nitrogens with zero attached hydrogens (tertiary/aromatic N) is 1. The first-order valence-corrected chi connectivity index (χ1v) is 6.39. The van der Waals surface area contributed by atoms with Crippen molar-refractivity contribution in [2.24, 2.45) is 11.8 Å². The average Bonchev–Trinajstić information content (AvgIpc) is 2.70. The van der Waals surface area contributed by atoms with Gasteiger partial charge < -0.3 is 20.1 Å². The summed E-state index contributed by atoms with van der Waals surface area (Å²) in [6.45, 7) is 9.50. The summed E-state index contributed by atoms with van der Waals surface area (Å²) in [5.41, 5.74) is 0.934. The molecule has 1 fully saturated rings. The van der Waals surface area contributed by atoms with E-state index < -0.39 is 11.9 Å². The van der Waals surface area contributed by atoms with Gasteiger partial charge >= 0.3 is 12.0 Å². The molecule has 0 aliphatic carbocycles. The van der Waals surface area contributed by atoms with Crippen LogP contribution in [0.3, 0.4) is 0 Å². The third-order valence-electron chi connectivity index (χ3n) is 3.09. The summed E-state index contributed by atoms with van der Waals surface area (Å²) in [6.07, 6.45) is 0. The van der Waals surface area contributed by atoms with Gasteiger partial charge in [-0.15, -0.1) is 0 Å². The number of carbonyl (C=O) groups is 2. The minimum absolute atomic E-state index is 0.0112. The highest BCUT2D eigenvalue weighted by Gasteiger charge is 2.36. The molecule has 1 saturated heterocycles. The molecule has 0 aromatic heterocycles. The lowest BCUT2D eigenvalue weighted by atomic mass is 9.99. The van der Waals surface area contributed by atoms with E-state index in [1.54, 1.807) is 4.90 Å². The van der Waals surface area contributed by atoms with Gasteiger partial charge in [-0.05, 0) is 12.8 Å². The van der Waals surface area contributed by atoms with Crippen LogP contribution in [0.25, 0.3) is 0 Å². The molecule has 0 radical (unpaired) electrons.